The second kappa shape index (κ2) is 5.34. The van der Waals surface area contributed by atoms with Crippen molar-refractivity contribution in [2.24, 2.45) is 0 Å². The summed E-state index contributed by atoms with van der Waals surface area (Å²) >= 11 is 1.54. The van der Waals surface area contributed by atoms with Gasteiger partial charge < -0.3 is 4.74 Å². The maximum Gasteiger partial charge on any atom is 0.338 e. The van der Waals surface area contributed by atoms with Crippen molar-refractivity contribution in [1.29, 1.82) is 0 Å². The van der Waals surface area contributed by atoms with Crippen LogP contribution in [0.15, 0.2) is 30.3 Å². The highest BCUT2D eigenvalue weighted by atomic mass is 32.2. The summed E-state index contributed by atoms with van der Waals surface area (Å²) in [5.74, 6) is 0.191. The first-order valence-corrected chi connectivity index (χ1v) is 6.28. The quantitative estimate of drug-likeness (QED) is 0.760. The van der Waals surface area contributed by atoms with Crippen LogP contribution in [0.5, 0.6) is 0 Å². The van der Waals surface area contributed by atoms with E-state index in [0.717, 1.165) is 0 Å². The van der Waals surface area contributed by atoms with Gasteiger partial charge in [-0.1, -0.05) is 18.2 Å². The van der Waals surface area contributed by atoms with Gasteiger partial charge in [0.15, 0.2) is 0 Å². The van der Waals surface area contributed by atoms with Gasteiger partial charge >= 0.3 is 5.97 Å². The molecule has 1 saturated heterocycles. The lowest BCUT2D eigenvalue weighted by Crippen LogP contribution is -2.14. The fourth-order valence-electron chi connectivity index (χ4n) is 1.60. The Morgan fingerprint density at radius 3 is 2.81 bits per heavy atom. The summed E-state index contributed by atoms with van der Waals surface area (Å²) in [6.45, 7) is 0.304. The van der Waals surface area contributed by atoms with Crippen molar-refractivity contribution >= 4 is 17.7 Å². The highest BCUT2D eigenvalue weighted by Crippen LogP contribution is 2.28. The molecule has 1 aromatic rings. The van der Waals surface area contributed by atoms with Crippen LogP contribution in [0.1, 0.15) is 16.8 Å². The van der Waals surface area contributed by atoms with Crippen molar-refractivity contribution in [2.45, 2.75) is 17.8 Å². The number of hydrogen-bond donors (Lipinski definition) is 0. The highest BCUT2D eigenvalue weighted by molar-refractivity contribution is 8.00. The molecular formula is C12H13FO2S. The third-order valence-electron chi connectivity index (χ3n) is 2.44. The standard InChI is InChI=1S/C12H13FO2S/c13-10-6-11(16-8-10)7-15-12(14)9-4-2-1-3-5-9/h1-5,10-11H,6-8H2/t10-,11+/m0/s1. The first-order chi connectivity index (χ1) is 7.75. The number of hydrogen-bond acceptors (Lipinski definition) is 3. The molecule has 0 radical (unpaired) electrons. The van der Waals surface area contributed by atoms with Gasteiger partial charge in [-0.2, -0.15) is 11.8 Å². The van der Waals surface area contributed by atoms with Gasteiger partial charge in [-0.3, -0.25) is 0 Å². The molecule has 0 N–H and O–H groups in total. The number of benzene rings is 1. The third-order valence-corrected chi connectivity index (χ3v) is 3.80. The fourth-order valence-corrected chi connectivity index (χ4v) is 2.73. The molecule has 0 aromatic heterocycles. The predicted octanol–water partition coefficient (Wildman–Crippen LogP) is 2.69. The Morgan fingerprint density at radius 1 is 1.44 bits per heavy atom. The summed E-state index contributed by atoms with van der Waals surface area (Å²) in [5.41, 5.74) is 0.544. The molecule has 0 saturated carbocycles. The van der Waals surface area contributed by atoms with E-state index in [1.54, 1.807) is 24.3 Å². The van der Waals surface area contributed by atoms with E-state index in [-0.39, 0.29) is 11.2 Å². The first kappa shape index (κ1) is 11.5. The van der Waals surface area contributed by atoms with Gasteiger partial charge in [0, 0.05) is 11.0 Å². The van der Waals surface area contributed by atoms with E-state index in [4.69, 9.17) is 4.74 Å². The molecule has 0 aliphatic carbocycles. The van der Waals surface area contributed by atoms with Crippen molar-refractivity contribution < 1.29 is 13.9 Å². The van der Waals surface area contributed by atoms with Crippen LogP contribution in [0.2, 0.25) is 0 Å². The minimum Gasteiger partial charge on any atom is -0.461 e. The molecule has 0 spiro atoms. The Hall–Kier alpha value is -1.03. The average Bonchev–Trinajstić information content (AvgIpc) is 2.73. The van der Waals surface area contributed by atoms with Crippen LogP contribution in [0.25, 0.3) is 0 Å². The van der Waals surface area contributed by atoms with E-state index >= 15 is 0 Å². The number of halogens is 1. The van der Waals surface area contributed by atoms with Crippen LogP contribution in [0.3, 0.4) is 0 Å². The van der Waals surface area contributed by atoms with Crippen LogP contribution >= 0.6 is 11.8 Å². The van der Waals surface area contributed by atoms with Gasteiger partial charge in [-0.15, -0.1) is 0 Å². The van der Waals surface area contributed by atoms with Gasteiger partial charge in [-0.05, 0) is 18.6 Å². The number of rotatable bonds is 3. The second-order valence-electron chi connectivity index (χ2n) is 3.75. The molecule has 1 aromatic carbocycles. The summed E-state index contributed by atoms with van der Waals surface area (Å²) in [5, 5.41) is 0.114. The van der Waals surface area contributed by atoms with Gasteiger partial charge in [0.1, 0.15) is 12.8 Å². The zero-order valence-electron chi connectivity index (χ0n) is 8.77. The third kappa shape index (κ3) is 2.98. The number of alkyl halides is 1. The summed E-state index contributed by atoms with van der Waals surface area (Å²) in [6, 6.07) is 8.85. The van der Waals surface area contributed by atoms with Crippen LogP contribution in [-0.4, -0.2) is 29.8 Å². The van der Waals surface area contributed by atoms with E-state index in [1.807, 2.05) is 6.07 Å². The Bertz CT molecular complexity index is 355. The maximum atomic E-state index is 12.9. The lowest BCUT2D eigenvalue weighted by Gasteiger charge is -2.09. The van der Waals surface area contributed by atoms with Crippen LogP contribution < -0.4 is 0 Å². The van der Waals surface area contributed by atoms with Crippen LogP contribution in [0, 0.1) is 0 Å². The minimum absolute atomic E-state index is 0.114. The number of esters is 1. The average molecular weight is 240 g/mol. The SMILES string of the molecule is O=C(OC[C@H]1C[C@H](F)CS1)c1ccccc1. The molecule has 0 unspecified atom stereocenters. The van der Waals surface area contributed by atoms with Crippen LogP contribution in [-0.2, 0) is 4.74 Å². The molecule has 86 valence electrons. The second-order valence-corrected chi connectivity index (χ2v) is 5.09. The highest BCUT2D eigenvalue weighted by Gasteiger charge is 2.25. The minimum atomic E-state index is -0.745. The predicted molar refractivity (Wildman–Crippen MR) is 62.5 cm³/mol. The topological polar surface area (TPSA) is 26.3 Å². The Balaban J connectivity index is 1.80. The Labute approximate surface area is 98.2 Å². The smallest absolute Gasteiger partial charge is 0.338 e. The van der Waals surface area contributed by atoms with Crippen molar-refractivity contribution in [3.05, 3.63) is 35.9 Å². The molecule has 0 amide bonds. The monoisotopic (exact) mass is 240 g/mol. The van der Waals surface area contributed by atoms with Gasteiger partial charge in [-0.25, -0.2) is 9.18 Å². The van der Waals surface area contributed by atoms with Crippen LogP contribution in [0.4, 0.5) is 4.39 Å². The summed E-state index contributed by atoms with van der Waals surface area (Å²) < 4.78 is 18.0. The molecule has 1 aliphatic rings. The van der Waals surface area contributed by atoms with E-state index in [9.17, 15) is 9.18 Å². The maximum absolute atomic E-state index is 12.9. The number of carbonyl (C=O) groups is 1. The Morgan fingerprint density at radius 2 is 2.19 bits per heavy atom. The fraction of sp³-hybridized carbons (Fsp3) is 0.417. The van der Waals surface area contributed by atoms with Crippen molar-refractivity contribution in [1.82, 2.24) is 0 Å². The summed E-state index contributed by atoms with van der Waals surface area (Å²) in [4.78, 5) is 11.6. The van der Waals surface area contributed by atoms with E-state index in [1.165, 1.54) is 11.8 Å². The number of thioether (sulfide) groups is 1. The molecule has 16 heavy (non-hydrogen) atoms. The van der Waals surface area contributed by atoms with Crippen molar-refractivity contribution in [3.63, 3.8) is 0 Å². The molecule has 2 nitrogen and oxygen atoms in total. The molecule has 2 atom stereocenters. The molecule has 2 rings (SSSR count). The summed E-state index contributed by atoms with van der Waals surface area (Å²) in [6.07, 6.45) is -0.252. The normalized spacial score (nSPS) is 24.3. The van der Waals surface area contributed by atoms with Crippen molar-refractivity contribution in [3.8, 4) is 0 Å². The summed E-state index contributed by atoms with van der Waals surface area (Å²) in [7, 11) is 0. The van der Waals surface area contributed by atoms with Gasteiger partial charge in [0.2, 0.25) is 0 Å². The van der Waals surface area contributed by atoms with E-state index < -0.39 is 6.17 Å². The zero-order chi connectivity index (χ0) is 11.4. The Kier molecular flexibility index (Phi) is 3.83. The van der Waals surface area contributed by atoms with Crippen molar-refractivity contribution in [2.75, 3.05) is 12.4 Å². The first-order valence-electron chi connectivity index (χ1n) is 5.23. The molecular weight excluding hydrogens is 227 g/mol. The molecule has 1 fully saturated rings. The van der Waals surface area contributed by atoms with Gasteiger partial charge in [0.25, 0.3) is 0 Å². The lowest BCUT2D eigenvalue weighted by atomic mass is 10.2. The van der Waals surface area contributed by atoms with E-state index in [0.29, 0.717) is 24.3 Å². The largest absolute Gasteiger partial charge is 0.461 e. The number of carbonyl (C=O) groups excluding carboxylic acids is 1. The van der Waals surface area contributed by atoms with Gasteiger partial charge in [0.05, 0.1) is 5.56 Å². The molecule has 0 bridgehead atoms. The lowest BCUT2D eigenvalue weighted by molar-refractivity contribution is 0.0501. The number of ether oxygens (including phenoxy) is 1. The molecule has 1 heterocycles. The zero-order valence-corrected chi connectivity index (χ0v) is 9.58. The van der Waals surface area contributed by atoms with E-state index in [2.05, 4.69) is 0 Å². The molecule has 1 aliphatic heterocycles. The molecule has 4 heteroatoms.